The highest BCUT2D eigenvalue weighted by Crippen LogP contribution is 2.37. The first-order valence-electron chi connectivity index (χ1n) is 8.14. The van der Waals surface area contributed by atoms with Crippen LogP contribution in [0.1, 0.15) is 23.6 Å². The molecule has 0 aliphatic carbocycles. The average molecular weight is 334 g/mol. The molecule has 0 N–H and O–H groups in total. The van der Waals surface area contributed by atoms with Crippen LogP contribution in [0, 0.1) is 11.6 Å². The average Bonchev–Trinajstić information content (AvgIpc) is 3.09. The molecule has 25 heavy (non-hydrogen) atoms. The summed E-state index contributed by atoms with van der Waals surface area (Å²) in [5.41, 5.74) is 3.22. The van der Waals surface area contributed by atoms with Crippen LogP contribution in [0.25, 0.3) is 0 Å². The van der Waals surface area contributed by atoms with E-state index in [2.05, 4.69) is 5.10 Å². The number of benzene rings is 3. The Hall–Kier alpha value is -3.01. The van der Waals surface area contributed by atoms with Crippen LogP contribution in [0.2, 0.25) is 0 Å². The molecule has 0 saturated carbocycles. The number of para-hydroxylation sites is 1. The maximum Gasteiger partial charge on any atom is 0.148 e. The third kappa shape index (κ3) is 3.03. The fraction of sp³-hybridized carbons (Fsp3) is 0.0952. The Kier molecular flexibility index (Phi) is 4.02. The predicted octanol–water partition coefficient (Wildman–Crippen LogP) is 5.32. The van der Waals surface area contributed by atoms with Crippen molar-refractivity contribution >= 4 is 11.4 Å². The Balaban J connectivity index is 1.78. The van der Waals surface area contributed by atoms with E-state index >= 15 is 0 Å². The predicted molar refractivity (Wildman–Crippen MR) is 95.6 cm³/mol. The standard InChI is InChI=1S/C21H16F2N2/c22-17-12-10-16(11-13-17)21-14-19(15-6-2-1-3-7-15)24-25(21)20-9-5-4-8-18(20)23/h1-13,21H,14H2/t21-/m1/s1. The lowest BCUT2D eigenvalue weighted by molar-refractivity contribution is 0.603. The molecule has 3 aromatic carbocycles. The zero-order chi connectivity index (χ0) is 17.2. The second kappa shape index (κ2) is 6.48. The lowest BCUT2D eigenvalue weighted by Crippen LogP contribution is -2.19. The molecule has 0 radical (unpaired) electrons. The van der Waals surface area contributed by atoms with E-state index in [4.69, 9.17) is 0 Å². The van der Waals surface area contributed by atoms with Gasteiger partial charge in [-0.05, 0) is 35.4 Å². The summed E-state index contributed by atoms with van der Waals surface area (Å²) in [7, 11) is 0. The molecular weight excluding hydrogens is 318 g/mol. The van der Waals surface area contributed by atoms with E-state index in [1.165, 1.54) is 18.2 Å². The molecule has 0 amide bonds. The van der Waals surface area contributed by atoms with Gasteiger partial charge in [0, 0.05) is 6.42 Å². The number of hydrazone groups is 1. The van der Waals surface area contributed by atoms with Crippen molar-refractivity contribution in [1.29, 1.82) is 0 Å². The van der Waals surface area contributed by atoms with Crippen LogP contribution in [0.5, 0.6) is 0 Å². The third-order valence-corrected chi connectivity index (χ3v) is 4.37. The summed E-state index contributed by atoms with van der Waals surface area (Å²) in [6.07, 6.45) is 0.629. The van der Waals surface area contributed by atoms with Crippen LogP contribution < -0.4 is 5.01 Å². The molecule has 124 valence electrons. The molecule has 4 heteroatoms. The highest BCUT2D eigenvalue weighted by Gasteiger charge is 2.31. The molecule has 1 aliphatic rings. The number of hydrogen-bond acceptors (Lipinski definition) is 2. The zero-order valence-corrected chi connectivity index (χ0v) is 13.4. The first kappa shape index (κ1) is 15.5. The fourth-order valence-electron chi connectivity index (χ4n) is 3.12. The zero-order valence-electron chi connectivity index (χ0n) is 13.4. The summed E-state index contributed by atoms with van der Waals surface area (Å²) in [6, 6.07) is 22.6. The maximum absolute atomic E-state index is 14.4. The van der Waals surface area contributed by atoms with E-state index in [0.717, 1.165) is 16.8 Å². The number of anilines is 1. The van der Waals surface area contributed by atoms with Gasteiger partial charge in [-0.3, -0.25) is 5.01 Å². The largest absolute Gasteiger partial charge is 0.254 e. The molecule has 0 saturated heterocycles. The van der Waals surface area contributed by atoms with E-state index < -0.39 is 0 Å². The first-order valence-corrected chi connectivity index (χ1v) is 8.14. The normalized spacial score (nSPS) is 16.8. The van der Waals surface area contributed by atoms with Crippen molar-refractivity contribution in [2.24, 2.45) is 5.10 Å². The van der Waals surface area contributed by atoms with Crippen LogP contribution in [-0.2, 0) is 0 Å². The molecule has 0 aromatic heterocycles. The second-order valence-electron chi connectivity index (χ2n) is 5.98. The summed E-state index contributed by atoms with van der Waals surface area (Å²) in [6.45, 7) is 0. The van der Waals surface area contributed by atoms with E-state index in [1.807, 2.05) is 30.3 Å². The molecule has 3 aromatic rings. The molecule has 4 rings (SSSR count). The molecule has 0 unspecified atom stereocenters. The van der Waals surface area contributed by atoms with Gasteiger partial charge in [-0.1, -0.05) is 54.6 Å². The molecule has 0 bridgehead atoms. The Morgan fingerprint density at radius 3 is 2.20 bits per heavy atom. The number of hydrogen-bond donors (Lipinski definition) is 0. The minimum atomic E-state index is -0.326. The third-order valence-electron chi connectivity index (χ3n) is 4.37. The first-order chi connectivity index (χ1) is 12.2. The molecule has 1 heterocycles. The maximum atomic E-state index is 14.4. The van der Waals surface area contributed by atoms with Crippen LogP contribution in [0.15, 0.2) is 84.0 Å². The summed E-state index contributed by atoms with van der Waals surface area (Å²) in [5.74, 6) is -0.615. The summed E-state index contributed by atoms with van der Waals surface area (Å²) >= 11 is 0. The van der Waals surface area contributed by atoms with Crippen LogP contribution in [0.3, 0.4) is 0 Å². The van der Waals surface area contributed by atoms with Gasteiger partial charge in [-0.2, -0.15) is 5.10 Å². The Labute approximate surface area is 145 Å². The van der Waals surface area contributed by atoms with E-state index in [0.29, 0.717) is 12.1 Å². The Morgan fingerprint density at radius 2 is 1.48 bits per heavy atom. The monoisotopic (exact) mass is 334 g/mol. The molecular formula is C21H16F2N2. The van der Waals surface area contributed by atoms with Gasteiger partial charge in [0.05, 0.1) is 17.4 Å². The van der Waals surface area contributed by atoms with Gasteiger partial charge in [0.2, 0.25) is 0 Å². The van der Waals surface area contributed by atoms with Crippen molar-refractivity contribution in [1.82, 2.24) is 0 Å². The van der Waals surface area contributed by atoms with Crippen molar-refractivity contribution in [2.75, 3.05) is 5.01 Å². The topological polar surface area (TPSA) is 15.6 Å². The second-order valence-corrected chi connectivity index (χ2v) is 5.98. The lowest BCUT2D eigenvalue weighted by Gasteiger charge is -2.24. The SMILES string of the molecule is Fc1ccc([C@H]2CC(c3ccccc3)=NN2c2ccccc2F)cc1. The van der Waals surface area contributed by atoms with Crippen LogP contribution in [0.4, 0.5) is 14.5 Å². The van der Waals surface area contributed by atoms with E-state index in [-0.39, 0.29) is 17.7 Å². The minimum absolute atomic E-state index is 0.173. The molecule has 2 nitrogen and oxygen atoms in total. The summed E-state index contributed by atoms with van der Waals surface area (Å²) < 4.78 is 27.7. The minimum Gasteiger partial charge on any atom is -0.254 e. The smallest absolute Gasteiger partial charge is 0.148 e. The number of rotatable bonds is 3. The highest BCUT2D eigenvalue weighted by molar-refractivity contribution is 6.03. The van der Waals surface area contributed by atoms with E-state index in [9.17, 15) is 8.78 Å². The van der Waals surface area contributed by atoms with Gasteiger partial charge in [0.1, 0.15) is 11.6 Å². The van der Waals surface area contributed by atoms with Gasteiger partial charge in [-0.25, -0.2) is 8.78 Å². The van der Waals surface area contributed by atoms with Crippen LogP contribution >= 0.6 is 0 Å². The number of halogens is 2. The van der Waals surface area contributed by atoms with Crippen molar-refractivity contribution in [3.8, 4) is 0 Å². The van der Waals surface area contributed by atoms with Gasteiger partial charge in [-0.15, -0.1) is 0 Å². The van der Waals surface area contributed by atoms with Crippen molar-refractivity contribution in [3.05, 3.63) is 102 Å². The highest BCUT2D eigenvalue weighted by atomic mass is 19.1. The van der Waals surface area contributed by atoms with Crippen molar-refractivity contribution in [3.63, 3.8) is 0 Å². The number of nitrogens with zero attached hydrogens (tertiary/aromatic N) is 2. The van der Waals surface area contributed by atoms with Crippen LogP contribution in [-0.4, -0.2) is 5.71 Å². The van der Waals surface area contributed by atoms with Crippen molar-refractivity contribution < 1.29 is 8.78 Å². The van der Waals surface area contributed by atoms with E-state index in [1.54, 1.807) is 35.3 Å². The molecule has 0 fully saturated rings. The van der Waals surface area contributed by atoms with Crippen molar-refractivity contribution in [2.45, 2.75) is 12.5 Å². The van der Waals surface area contributed by atoms with Gasteiger partial charge in [0.25, 0.3) is 0 Å². The summed E-state index contributed by atoms with van der Waals surface area (Å²) in [5, 5.41) is 6.39. The molecule has 0 spiro atoms. The van der Waals surface area contributed by atoms with Gasteiger partial charge < -0.3 is 0 Å². The fourth-order valence-corrected chi connectivity index (χ4v) is 3.12. The molecule has 1 aliphatic heterocycles. The summed E-state index contributed by atoms with van der Waals surface area (Å²) in [4.78, 5) is 0. The van der Waals surface area contributed by atoms with Gasteiger partial charge >= 0.3 is 0 Å². The Morgan fingerprint density at radius 1 is 0.800 bits per heavy atom. The Bertz CT molecular complexity index is 905. The molecule has 1 atom stereocenters. The van der Waals surface area contributed by atoms with Gasteiger partial charge in [0.15, 0.2) is 0 Å². The quantitative estimate of drug-likeness (QED) is 0.633. The lowest BCUT2D eigenvalue weighted by atomic mass is 9.98.